The highest BCUT2D eigenvalue weighted by Gasteiger charge is 2.16. The molecular formula is C34H30N2O5. The molecule has 7 heteroatoms. The highest BCUT2D eigenvalue weighted by atomic mass is 16.5. The van der Waals surface area contributed by atoms with Gasteiger partial charge in [-0.15, -0.1) is 6.58 Å². The van der Waals surface area contributed by atoms with E-state index in [1.807, 2.05) is 43.3 Å². The number of nitriles is 1. The number of benzene rings is 4. The van der Waals surface area contributed by atoms with Gasteiger partial charge in [0.2, 0.25) is 0 Å². The Morgan fingerprint density at radius 2 is 1.73 bits per heavy atom. The van der Waals surface area contributed by atoms with Crippen LogP contribution in [0.5, 0.6) is 11.5 Å². The zero-order valence-electron chi connectivity index (χ0n) is 23.0. The van der Waals surface area contributed by atoms with Crippen LogP contribution >= 0.6 is 0 Å². The van der Waals surface area contributed by atoms with E-state index in [0.29, 0.717) is 47.9 Å². The Balaban J connectivity index is 1.62. The first-order chi connectivity index (χ1) is 20.0. The molecule has 7 nitrogen and oxygen atoms in total. The van der Waals surface area contributed by atoms with Crippen molar-refractivity contribution >= 4 is 34.4 Å². The Labute approximate surface area is 239 Å². The minimum absolute atomic E-state index is 0.0986. The van der Waals surface area contributed by atoms with Gasteiger partial charge in [0.15, 0.2) is 11.5 Å². The van der Waals surface area contributed by atoms with E-state index in [1.54, 1.807) is 24.3 Å². The number of nitrogens with one attached hydrogen (secondary N) is 1. The van der Waals surface area contributed by atoms with Crippen molar-refractivity contribution < 1.29 is 23.8 Å². The molecular weight excluding hydrogens is 516 g/mol. The number of hydrogen-bond donors (Lipinski definition) is 1. The minimum atomic E-state index is -0.585. The first-order valence-electron chi connectivity index (χ1n) is 13.1. The van der Waals surface area contributed by atoms with Gasteiger partial charge in [-0.1, -0.05) is 48.5 Å². The lowest BCUT2D eigenvalue weighted by atomic mass is 10.0. The molecule has 0 saturated carbocycles. The molecule has 0 unspecified atom stereocenters. The van der Waals surface area contributed by atoms with Crippen LogP contribution in [0.2, 0.25) is 0 Å². The quantitative estimate of drug-likeness (QED) is 0.0953. The molecule has 1 N–H and O–H groups in total. The third-order valence-electron chi connectivity index (χ3n) is 6.31. The van der Waals surface area contributed by atoms with Crippen LogP contribution in [-0.4, -0.2) is 25.6 Å². The lowest BCUT2D eigenvalue weighted by Gasteiger charge is -2.17. The van der Waals surface area contributed by atoms with E-state index in [-0.39, 0.29) is 5.57 Å². The van der Waals surface area contributed by atoms with Crippen molar-refractivity contribution in [3.63, 3.8) is 0 Å². The number of fused-ring (bicyclic) bond motifs is 1. The van der Waals surface area contributed by atoms with Gasteiger partial charge < -0.3 is 19.5 Å². The average Bonchev–Trinajstić information content (AvgIpc) is 2.99. The number of nitrogens with zero attached hydrogens (tertiary/aromatic N) is 1. The highest BCUT2D eigenvalue weighted by molar-refractivity contribution is 6.09. The number of carbonyl (C=O) groups excluding carboxylic acids is 2. The molecule has 0 aromatic heterocycles. The van der Waals surface area contributed by atoms with Crippen molar-refractivity contribution in [1.82, 2.24) is 0 Å². The fourth-order valence-corrected chi connectivity index (χ4v) is 4.39. The molecule has 1 amide bonds. The Kier molecular flexibility index (Phi) is 9.53. The molecule has 0 aliphatic carbocycles. The summed E-state index contributed by atoms with van der Waals surface area (Å²) in [6.45, 7) is 6.49. The molecule has 0 spiro atoms. The molecule has 206 valence electrons. The maximum atomic E-state index is 12.9. The molecule has 4 rings (SSSR count). The van der Waals surface area contributed by atoms with Gasteiger partial charge >= 0.3 is 5.97 Å². The van der Waals surface area contributed by atoms with Crippen LogP contribution in [-0.2, 0) is 22.6 Å². The molecule has 0 radical (unpaired) electrons. The number of amides is 1. The third-order valence-corrected chi connectivity index (χ3v) is 6.31. The molecule has 0 heterocycles. The number of allylic oxidation sites excluding steroid dienone is 1. The lowest BCUT2D eigenvalue weighted by molar-refractivity contribution is -0.112. The van der Waals surface area contributed by atoms with Gasteiger partial charge in [0.25, 0.3) is 5.91 Å². The van der Waals surface area contributed by atoms with Gasteiger partial charge in [0.05, 0.1) is 19.3 Å². The van der Waals surface area contributed by atoms with E-state index >= 15 is 0 Å². The summed E-state index contributed by atoms with van der Waals surface area (Å²) in [7, 11) is 1.29. The molecule has 41 heavy (non-hydrogen) atoms. The summed E-state index contributed by atoms with van der Waals surface area (Å²) in [5, 5.41) is 14.7. The highest BCUT2D eigenvalue weighted by Crippen LogP contribution is 2.36. The number of esters is 1. The number of ether oxygens (including phenoxy) is 3. The minimum Gasteiger partial charge on any atom is -0.490 e. The Morgan fingerprint density at radius 1 is 0.976 bits per heavy atom. The summed E-state index contributed by atoms with van der Waals surface area (Å²) in [6.07, 6.45) is 3.76. The van der Waals surface area contributed by atoms with Crippen LogP contribution in [0.4, 0.5) is 5.69 Å². The number of methoxy groups -OCH3 is 1. The van der Waals surface area contributed by atoms with Crippen molar-refractivity contribution in [3.8, 4) is 17.6 Å². The number of anilines is 1. The predicted octanol–water partition coefficient (Wildman–Crippen LogP) is 6.88. The van der Waals surface area contributed by atoms with Crippen LogP contribution in [0.3, 0.4) is 0 Å². The Bertz CT molecular complexity index is 1640. The lowest BCUT2D eigenvalue weighted by Crippen LogP contribution is -2.13. The van der Waals surface area contributed by atoms with Gasteiger partial charge in [-0.3, -0.25) is 4.79 Å². The largest absolute Gasteiger partial charge is 0.490 e. The smallest absolute Gasteiger partial charge is 0.337 e. The van der Waals surface area contributed by atoms with Crippen molar-refractivity contribution in [2.45, 2.75) is 20.0 Å². The number of hydrogen-bond acceptors (Lipinski definition) is 6. The first kappa shape index (κ1) is 28.7. The summed E-state index contributed by atoms with van der Waals surface area (Å²) in [5.41, 5.74) is 3.15. The van der Waals surface area contributed by atoms with E-state index in [1.165, 1.54) is 25.3 Å². The van der Waals surface area contributed by atoms with E-state index in [9.17, 15) is 14.9 Å². The molecule has 4 aromatic rings. The van der Waals surface area contributed by atoms with Crippen molar-refractivity contribution in [1.29, 1.82) is 5.26 Å². The number of carbonyl (C=O) groups is 2. The molecule has 0 saturated heterocycles. The second-order valence-corrected chi connectivity index (χ2v) is 9.05. The average molecular weight is 547 g/mol. The second-order valence-electron chi connectivity index (χ2n) is 9.05. The molecule has 0 atom stereocenters. The topological polar surface area (TPSA) is 97.7 Å². The van der Waals surface area contributed by atoms with Crippen LogP contribution in [0.25, 0.3) is 16.8 Å². The van der Waals surface area contributed by atoms with Crippen molar-refractivity contribution in [3.05, 3.63) is 119 Å². The van der Waals surface area contributed by atoms with Gasteiger partial charge in [-0.2, -0.15) is 5.26 Å². The van der Waals surface area contributed by atoms with E-state index in [0.717, 1.165) is 21.9 Å². The molecule has 0 bridgehead atoms. The van der Waals surface area contributed by atoms with Gasteiger partial charge in [0, 0.05) is 11.3 Å². The van der Waals surface area contributed by atoms with E-state index < -0.39 is 11.9 Å². The Morgan fingerprint density at radius 3 is 2.44 bits per heavy atom. The maximum Gasteiger partial charge on any atom is 0.337 e. The second kappa shape index (κ2) is 13.6. The standard InChI is InChI=1S/C34H30N2O5/c1-4-9-26-18-23(19-28(21-35)33(37)36-29-16-14-25(15-17-29)34(38)39-3)20-31(40-5-2)32(26)41-22-27-12-8-11-24-10-6-7-13-30(24)27/h4,6-8,10-20H,1,5,9,22H2,2-3H3,(H,36,37)/b28-19+. The molecule has 0 fully saturated rings. The summed E-state index contributed by atoms with van der Waals surface area (Å²) in [5.74, 6) is 0.0308. The van der Waals surface area contributed by atoms with Crippen LogP contribution in [0.1, 0.15) is 34.0 Å². The normalized spacial score (nSPS) is 10.9. The SMILES string of the molecule is C=CCc1cc(/C=C(\C#N)C(=O)Nc2ccc(C(=O)OC)cc2)cc(OCC)c1OCc1cccc2ccccc12. The Hall–Kier alpha value is -5.35. The van der Waals surface area contributed by atoms with Gasteiger partial charge in [-0.05, 0) is 77.7 Å². The zero-order chi connectivity index (χ0) is 29.2. The van der Waals surface area contributed by atoms with Crippen LogP contribution < -0.4 is 14.8 Å². The fourth-order valence-electron chi connectivity index (χ4n) is 4.39. The van der Waals surface area contributed by atoms with Gasteiger partial charge in [0.1, 0.15) is 18.2 Å². The maximum absolute atomic E-state index is 12.9. The van der Waals surface area contributed by atoms with Gasteiger partial charge in [-0.25, -0.2) is 4.79 Å². The van der Waals surface area contributed by atoms with E-state index in [2.05, 4.69) is 30.1 Å². The fraction of sp³-hybridized carbons (Fsp3) is 0.147. The molecule has 0 aliphatic rings. The summed E-state index contributed by atoms with van der Waals surface area (Å²) in [4.78, 5) is 24.6. The monoisotopic (exact) mass is 546 g/mol. The summed E-state index contributed by atoms with van der Waals surface area (Å²) >= 11 is 0. The van der Waals surface area contributed by atoms with Crippen LogP contribution in [0.15, 0.2) is 97.1 Å². The number of rotatable bonds is 11. The first-order valence-corrected chi connectivity index (χ1v) is 13.1. The zero-order valence-corrected chi connectivity index (χ0v) is 23.0. The molecule has 4 aromatic carbocycles. The van der Waals surface area contributed by atoms with Crippen molar-refractivity contribution in [2.24, 2.45) is 0 Å². The van der Waals surface area contributed by atoms with E-state index in [4.69, 9.17) is 14.2 Å². The third kappa shape index (κ3) is 7.00. The summed E-state index contributed by atoms with van der Waals surface area (Å²) < 4.78 is 17.0. The predicted molar refractivity (Wildman–Crippen MR) is 160 cm³/mol. The summed E-state index contributed by atoms with van der Waals surface area (Å²) in [6, 6.07) is 26.0. The molecule has 0 aliphatic heterocycles. The van der Waals surface area contributed by atoms with Crippen molar-refractivity contribution in [2.75, 3.05) is 19.0 Å². The van der Waals surface area contributed by atoms with Crippen LogP contribution in [0, 0.1) is 11.3 Å².